The maximum atomic E-state index is 13.9. The minimum absolute atomic E-state index is 0.106. The Morgan fingerprint density at radius 1 is 1.00 bits per heavy atom. The third-order valence-electron chi connectivity index (χ3n) is 7.00. The van der Waals surface area contributed by atoms with E-state index in [1.165, 1.54) is 16.9 Å². The van der Waals surface area contributed by atoms with E-state index in [2.05, 4.69) is 20.7 Å². The summed E-state index contributed by atoms with van der Waals surface area (Å²) in [5.41, 5.74) is 3.29. The van der Waals surface area contributed by atoms with Crippen molar-refractivity contribution in [1.82, 2.24) is 30.4 Å². The first-order valence-corrected chi connectivity index (χ1v) is 13.2. The van der Waals surface area contributed by atoms with E-state index in [1.54, 1.807) is 17.0 Å². The van der Waals surface area contributed by atoms with Gasteiger partial charge in [0.15, 0.2) is 0 Å². The van der Waals surface area contributed by atoms with Crippen molar-refractivity contribution in [1.29, 1.82) is 0 Å². The first-order valence-electron chi connectivity index (χ1n) is 13.2. The van der Waals surface area contributed by atoms with Crippen LogP contribution in [-0.4, -0.2) is 43.0 Å². The summed E-state index contributed by atoms with van der Waals surface area (Å²) >= 11 is 0. The van der Waals surface area contributed by atoms with Crippen LogP contribution in [0.5, 0.6) is 0 Å². The topological polar surface area (TPSA) is 93.0 Å². The zero-order valence-corrected chi connectivity index (χ0v) is 21.8. The fourth-order valence-corrected chi connectivity index (χ4v) is 4.91. The van der Waals surface area contributed by atoms with Gasteiger partial charge in [-0.05, 0) is 60.4 Å². The lowest BCUT2D eigenvalue weighted by molar-refractivity contribution is -0.142. The number of hydrogen-bond donors (Lipinski definition) is 1. The number of hydrogen-bond acceptors (Lipinski definition) is 5. The van der Waals surface area contributed by atoms with Crippen LogP contribution in [0.2, 0.25) is 0 Å². The largest absolute Gasteiger partial charge is 0.351 e. The molecule has 3 aromatic carbocycles. The first-order chi connectivity index (χ1) is 19.0. The van der Waals surface area contributed by atoms with Crippen LogP contribution < -0.4 is 5.32 Å². The van der Waals surface area contributed by atoms with E-state index in [9.17, 15) is 14.0 Å². The second-order valence-corrected chi connectivity index (χ2v) is 9.96. The van der Waals surface area contributed by atoms with E-state index in [0.717, 1.165) is 42.4 Å². The Labute approximate surface area is 226 Å². The van der Waals surface area contributed by atoms with E-state index < -0.39 is 6.04 Å². The van der Waals surface area contributed by atoms with Gasteiger partial charge < -0.3 is 10.2 Å². The van der Waals surface area contributed by atoms with Crippen LogP contribution in [0, 0.1) is 12.7 Å². The lowest BCUT2D eigenvalue weighted by Crippen LogP contribution is -2.46. The maximum absolute atomic E-state index is 13.9. The lowest BCUT2D eigenvalue weighted by atomic mass is 10.0. The molecule has 1 aliphatic rings. The van der Waals surface area contributed by atoms with Crippen LogP contribution in [-0.2, 0) is 22.7 Å². The van der Waals surface area contributed by atoms with Gasteiger partial charge in [0.1, 0.15) is 18.4 Å². The third kappa shape index (κ3) is 6.54. The van der Waals surface area contributed by atoms with E-state index in [4.69, 9.17) is 0 Å². The monoisotopic (exact) mass is 526 g/mol. The summed E-state index contributed by atoms with van der Waals surface area (Å²) in [5.74, 6) is -0.606. The van der Waals surface area contributed by atoms with E-state index >= 15 is 0 Å². The van der Waals surface area contributed by atoms with Gasteiger partial charge >= 0.3 is 0 Å². The fraction of sp³-hybridized carbons (Fsp3) is 0.300. The summed E-state index contributed by atoms with van der Waals surface area (Å²) in [5, 5.41) is 15.6. The SMILES string of the molecule is Cc1ccc([C@@H](C(=O)NC2CCCC2)N(Cc2ccccc2)C(=O)Cn2nnc(-c3ccc(F)cc3)n2)cc1. The second-order valence-electron chi connectivity index (χ2n) is 9.96. The molecular weight excluding hydrogens is 495 g/mol. The highest BCUT2D eigenvalue weighted by molar-refractivity contribution is 5.89. The minimum Gasteiger partial charge on any atom is -0.351 e. The number of amides is 2. The van der Waals surface area contributed by atoms with Crippen molar-refractivity contribution in [2.45, 2.75) is 57.8 Å². The van der Waals surface area contributed by atoms with Gasteiger partial charge in [0.2, 0.25) is 17.6 Å². The van der Waals surface area contributed by atoms with Crippen LogP contribution in [0.1, 0.15) is 48.4 Å². The number of nitrogens with one attached hydrogen (secondary N) is 1. The lowest BCUT2D eigenvalue weighted by Gasteiger charge is -2.32. The van der Waals surface area contributed by atoms with E-state index in [-0.39, 0.29) is 42.6 Å². The van der Waals surface area contributed by atoms with Gasteiger partial charge in [-0.15, -0.1) is 10.2 Å². The Bertz CT molecular complexity index is 1400. The highest BCUT2D eigenvalue weighted by Crippen LogP contribution is 2.27. The summed E-state index contributed by atoms with van der Waals surface area (Å²) in [4.78, 5) is 30.5. The smallest absolute Gasteiger partial charge is 0.247 e. The molecule has 5 rings (SSSR count). The highest BCUT2D eigenvalue weighted by atomic mass is 19.1. The molecule has 0 saturated heterocycles. The van der Waals surface area contributed by atoms with Crippen molar-refractivity contribution in [2.24, 2.45) is 0 Å². The van der Waals surface area contributed by atoms with Gasteiger partial charge in [0.25, 0.3) is 0 Å². The zero-order valence-electron chi connectivity index (χ0n) is 21.8. The molecular formula is C30H31FN6O2. The number of rotatable bonds is 9. The number of tetrazole rings is 1. The number of carbonyl (C=O) groups excluding carboxylic acids is 2. The van der Waals surface area contributed by atoms with Crippen LogP contribution in [0.3, 0.4) is 0 Å². The van der Waals surface area contributed by atoms with Crippen molar-refractivity contribution in [3.05, 3.63) is 101 Å². The first kappa shape index (κ1) is 26.2. The second kappa shape index (κ2) is 12.0. The molecule has 1 aliphatic carbocycles. The van der Waals surface area contributed by atoms with Crippen LogP contribution >= 0.6 is 0 Å². The normalized spacial score (nSPS) is 14.2. The summed E-state index contributed by atoms with van der Waals surface area (Å²) in [6.45, 7) is 2.01. The van der Waals surface area contributed by atoms with Gasteiger partial charge in [0, 0.05) is 18.2 Å². The molecule has 1 aromatic heterocycles. The Morgan fingerprint density at radius 2 is 1.69 bits per heavy atom. The summed E-state index contributed by atoms with van der Waals surface area (Å²) in [6, 6.07) is 22.3. The Balaban J connectivity index is 1.45. The molecule has 4 aromatic rings. The average molecular weight is 527 g/mol. The molecule has 1 N–H and O–H groups in total. The predicted molar refractivity (Wildman–Crippen MR) is 145 cm³/mol. The Kier molecular flexibility index (Phi) is 8.05. The van der Waals surface area contributed by atoms with Crippen molar-refractivity contribution in [3.63, 3.8) is 0 Å². The number of halogens is 1. The maximum Gasteiger partial charge on any atom is 0.247 e. The van der Waals surface area contributed by atoms with E-state index in [0.29, 0.717) is 5.56 Å². The van der Waals surface area contributed by atoms with Gasteiger partial charge in [-0.3, -0.25) is 9.59 Å². The molecule has 0 spiro atoms. The number of aryl methyl sites for hydroxylation is 1. The third-order valence-corrected chi connectivity index (χ3v) is 7.00. The molecule has 1 heterocycles. The highest BCUT2D eigenvalue weighted by Gasteiger charge is 2.33. The van der Waals surface area contributed by atoms with E-state index in [1.807, 2.05) is 61.5 Å². The van der Waals surface area contributed by atoms with Crippen molar-refractivity contribution < 1.29 is 14.0 Å². The minimum atomic E-state index is -0.834. The Morgan fingerprint density at radius 3 is 2.38 bits per heavy atom. The molecule has 200 valence electrons. The van der Waals surface area contributed by atoms with Gasteiger partial charge in [-0.2, -0.15) is 4.80 Å². The number of carbonyl (C=O) groups is 2. The number of benzene rings is 3. The molecule has 0 aliphatic heterocycles. The Hall–Kier alpha value is -4.40. The van der Waals surface area contributed by atoms with Gasteiger partial charge in [-0.25, -0.2) is 4.39 Å². The van der Waals surface area contributed by atoms with Crippen LogP contribution in [0.25, 0.3) is 11.4 Å². The quantitative estimate of drug-likeness (QED) is 0.344. The van der Waals surface area contributed by atoms with Crippen LogP contribution in [0.4, 0.5) is 4.39 Å². The molecule has 39 heavy (non-hydrogen) atoms. The van der Waals surface area contributed by atoms with Gasteiger partial charge in [0.05, 0.1) is 0 Å². The zero-order chi connectivity index (χ0) is 27.2. The predicted octanol–water partition coefficient (Wildman–Crippen LogP) is 4.62. The molecule has 1 saturated carbocycles. The average Bonchev–Trinajstić information content (AvgIpc) is 3.63. The fourth-order valence-electron chi connectivity index (χ4n) is 4.91. The van der Waals surface area contributed by atoms with Crippen molar-refractivity contribution >= 4 is 11.8 Å². The van der Waals surface area contributed by atoms with Crippen molar-refractivity contribution in [2.75, 3.05) is 0 Å². The summed E-state index contributed by atoms with van der Waals surface area (Å²) in [6.07, 6.45) is 4.05. The molecule has 1 atom stereocenters. The summed E-state index contributed by atoms with van der Waals surface area (Å²) in [7, 11) is 0. The molecule has 0 unspecified atom stereocenters. The standard InChI is InChI=1S/C30H31FN6O2/c1-21-11-13-23(14-12-21)28(30(39)32-26-9-5-6-10-26)36(19-22-7-3-2-4-8-22)27(38)20-37-34-29(33-35-37)24-15-17-25(31)18-16-24/h2-4,7-8,11-18,26,28H,5-6,9-10,19-20H2,1H3,(H,32,39)/t28-/m0/s1. The molecule has 1 fully saturated rings. The molecule has 0 radical (unpaired) electrons. The summed E-state index contributed by atoms with van der Waals surface area (Å²) < 4.78 is 13.3. The molecule has 8 nitrogen and oxygen atoms in total. The molecule has 2 amide bonds. The molecule has 9 heteroatoms. The van der Waals surface area contributed by atoms with Crippen molar-refractivity contribution in [3.8, 4) is 11.4 Å². The molecule has 0 bridgehead atoms. The van der Waals surface area contributed by atoms with Gasteiger partial charge in [-0.1, -0.05) is 73.0 Å². The number of nitrogens with zero attached hydrogens (tertiary/aromatic N) is 5. The number of aromatic nitrogens is 4. The van der Waals surface area contributed by atoms with Crippen LogP contribution in [0.15, 0.2) is 78.9 Å².